The van der Waals surface area contributed by atoms with Crippen LogP contribution in [0, 0.1) is 17.2 Å². The molecule has 23 heavy (non-hydrogen) atoms. The van der Waals surface area contributed by atoms with E-state index >= 15 is 0 Å². The van der Waals surface area contributed by atoms with E-state index in [1.54, 1.807) is 6.92 Å². The lowest BCUT2D eigenvalue weighted by Crippen LogP contribution is -2.33. The van der Waals surface area contributed by atoms with Gasteiger partial charge in [-0.2, -0.15) is 5.26 Å². The Kier molecular flexibility index (Phi) is 4.07. The molecule has 1 aliphatic carbocycles. The number of allylic oxidation sites excluding steroid dienone is 2. The third kappa shape index (κ3) is 3.07. The summed E-state index contributed by atoms with van der Waals surface area (Å²) in [6, 6.07) is 11.6. The first kappa shape index (κ1) is 15.2. The van der Waals surface area contributed by atoms with Crippen molar-refractivity contribution in [3.05, 3.63) is 58.6 Å². The van der Waals surface area contributed by atoms with Gasteiger partial charge >= 0.3 is 5.97 Å². The molecule has 1 fully saturated rings. The van der Waals surface area contributed by atoms with Crippen molar-refractivity contribution in [2.75, 3.05) is 6.61 Å². The Morgan fingerprint density at radius 2 is 2.09 bits per heavy atom. The number of nitrogens with one attached hydrogen (secondary N) is 1. The highest BCUT2D eigenvalue weighted by atomic mass is 16.5. The monoisotopic (exact) mass is 309 g/mol. The molecule has 1 aliphatic heterocycles. The van der Waals surface area contributed by atoms with Crippen LogP contribution in [-0.2, 0) is 9.53 Å². The van der Waals surface area contributed by atoms with E-state index in [1.165, 1.54) is 0 Å². The molecule has 0 spiro atoms. The largest absolute Gasteiger partial charge is 0.462 e. The lowest BCUT2D eigenvalue weighted by Gasteiger charge is -2.28. The Hall–Kier alpha value is -2.74. The van der Waals surface area contributed by atoms with Crippen molar-refractivity contribution in [3.8, 4) is 6.07 Å². The summed E-state index contributed by atoms with van der Waals surface area (Å²) in [6.45, 7) is 2.23. The van der Waals surface area contributed by atoms with Crippen LogP contribution in [0.15, 0.2) is 53.0 Å². The van der Waals surface area contributed by atoms with Gasteiger partial charge in [0.15, 0.2) is 0 Å². The zero-order valence-corrected chi connectivity index (χ0v) is 13.0. The third-order valence-electron chi connectivity index (χ3n) is 4.21. The topological polar surface area (TPSA) is 88.1 Å². The summed E-state index contributed by atoms with van der Waals surface area (Å²) in [5.74, 6) is -0.0922. The Balaban J connectivity index is 1.97. The molecule has 0 saturated heterocycles. The number of ether oxygens (including phenoxy) is 1. The van der Waals surface area contributed by atoms with Crippen molar-refractivity contribution in [3.63, 3.8) is 0 Å². The van der Waals surface area contributed by atoms with Gasteiger partial charge in [0.2, 0.25) is 0 Å². The van der Waals surface area contributed by atoms with Crippen molar-refractivity contribution in [1.82, 2.24) is 5.32 Å². The fourth-order valence-electron chi connectivity index (χ4n) is 2.78. The van der Waals surface area contributed by atoms with E-state index in [0.717, 1.165) is 18.4 Å². The van der Waals surface area contributed by atoms with Crippen LogP contribution in [0.25, 0.3) is 0 Å². The van der Waals surface area contributed by atoms with Crippen LogP contribution >= 0.6 is 0 Å². The first-order valence-electron chi connectivity index (χ1n) is 7.71. The molecule has 0 amide bonds. The van der Waals surface area contributed by atoms with Crippen LogP contribution < -0.4 is 11.1 Å². The van der Waals surface area contributed by atoms with Crippen LogP contribution in [-0.4, -0.2) is 12.6 Å². The van der Waals surface area contributed by atoms with Gasteiger partial charge in [0.1, 0.15) is 5.82 Å². The minimum absolute atomic E-state index is 0.289. The maximum Gasteiger partial charge on any atom is 0.336 e. The first-order chi connectivity index (χ1) is 11.1. The summed E-state index contributed by atoms with van der Waals surface area (Å²) in [4.78, 5) is 12.6. The maximum absolute atomic E-state index is 12.6. The highest BCUT2D eigenvalue weighted by molar-refractivity contribution is 5.93. The van der Waals surface area contributed by atoms with Gasteiger partial charge in [0.25, 0.3) is 0 Å². The minimum Gasteiger partial charge on any atom is -0.462 e. The Morgan fingerprint density at radius 3 is 2.70 bits per heavy atom. The summed E-state index contributed by atoms with van der Waals surface area (Å²) in [7, 11) is 0. The molecule has 1 heterocycles. The Labute approximate surface area is 135 Å². The number of hydrogen-bond donors (Lipinski definition) is 2. The predicted molar refractivity (Wildman–Crippen MR) is 85.5 cm³/mol. The van der Waals surface area contributed by atoms with Gasteiger partial charge in [-0.05, 0) is 31.2 Å². The highest BCUT2D eigenvalue weighted by Crippen LogP contribution is 2.37. The predicted octanol–water partition coefficient (Wildman–Crippen LogP) is 2.29. The molecule has 2 aliphatic rings. The second-order valence-corrected chi connectivity index (χ2v) is 5.99. The molecule has 1 saturated carbocycles. The number of hydrogen-bond acceptors (Lipinski definition) is 5. The van der Waals surface area contributed by atoms with Gasteiger partial charge in [0.05, 0.1) is 29.7 Å². The molecular formula is C18H19N3O2. The minimum atomic E-state index is -0.492. The molecule has 3 rings (SSSR count). The second kappa shape index (κ2) is 6.17. The quantitative estimate of drug-likeness (QED) is 0.833. The number of benzene rings is 1. The van der Waals surface area contributed by atoms with Gasteiger partial charge < -0.3 is 15.8 Å². The molecule has 5 nitrogen and oxygen atoms in total. The third-order valence-corrected chi connectivity index (χ3v) is 4.21. The zero-order valence-electron chi connectivity index (χ0n) is 13.0. The molecule has 0 aromatic heterocycles. The summed E-state index contributed by atoms with van der Waals surface area (Å²) in [5.41, 5.74) is 8.26. The van der Waals surface area contributed by atoms with Gasteiger partial charge in [0, 0.05) is 5.70 Å². The molecule has 0 bridgehead atoms. The van der Waals surface area contributed by atoms with Crippen LogP contribution in [0.5, 0.6) is 0 Å². The second-order valence-electron chi connectivity index (χ2n) is 5.99. The van der Waals surface area contributed by atoms with E-state index in [2.05, 4.69) is 11.4 Å². The molecule has 1 aromatic carbocycles. The van der Waals surface area contributed by atoms with Gasteiger partial charge in [-0.3, -0.25) is 0 Å². The van der Waals surface area contributed by atoms with E-state index in [-0.39, 0.29) is 11.8 Å². The van der Waals surface area contributed by atoms with Crippen molar-refractivity contribution in [2.45, 2.75) is 25.7 Å². The highest BCUT2D eigenvalue weighted by Gasteiger charge is 2.35. The number of carbonyl (C=O) groups excluding carboxylic acids is 1. The number of esters is 1. The SMILES string of the molecule is CC1=C(C(=O)OCC2CC2)C(c2ccccc2)C(C#N)=C(N)N1. The molecule has 5 heteroatoms. The van der Waals surface area contributed by atoms with E-state index in [4.69, 9.17) is 10.5 Å². The smallest absolute Gasteiger partial charge is 0.336 e. The standard InChI is InChI=1S/C18H19N3O2/c1-11-15(18(22)23-10-12-7-8-12)16(13-5-3-2-4-6-13)14(9-19)17(20)21-11/h2-6,12,16,21H,7-8,10,20H2,1H3. The van der Waals surface area contributed by atoms with Crippen LogP contribution in [0.1, 0.15) is 31.2 Å². The summed E-state index contributed by atoms with van der Waals surface area (Å²) < 4.78 is 5.45. The fourth-order valence-corrected chi connectivity index (χ4v) is 2.78. The molecule has 3 N–H and O–H groups in total. The lowest BCUT2D eigenvalue weighted by molar-refractivity contribution is -0.139. The van der Waals surface area contributed by atoms with Gasteiger partial charge in [-0.15, -0.1) is 0 Å². The van der Waals surface area contributed by atoms with Crippen molar-refractivity contribution >= 4 is 5.97 Å². The number of rotatable bonds is 4. The van der Waals surface area contributed by atoms with E-state index in [1.807, 2.05) is 30.3 Å². The summed E-state index contributed by atoms with van der Waals surface area (Å²) in [6.07, 6.45) is 2.23. The average molecular weight is 309 g/mol. The molecule has 1 aromatic rings. The Morgan fingerprint density at radius 1 is 1.39 bits per heavy atom. The van der Waals surface area contributed by atoms with Gasteiger partial charge in [-0.25, -0.2) is 4.79 Å². The number of nitrogens with zero attached hydrogens (tertiary/aromatic N) is 1. The zero-order chi connectivity index (χ0) is 16.4. The fraction of sp³-hybridized carbons (Fsp3) is 0.333. The van der Waals surface area contributed by atoms with Crippen LogP contribution in [0.3, 0.4) is 0 Å². The Bertz CT molecular complexity index is 724. The maximum atomic E-state index is 12.6. The van der Waals surface area contributed by atoms with E-state index in [0.29, 0.717) is 29.4 Å². The lowest BCUT2D eigenvalue weighted by atomic mass is 9.82. The normalized spacial score (nSPS) is 20.8. The van der Waals surface area contributed by atoms with Crippen LogP contribution in [0.4, 0.5) is 0 Å². The summed E-state index contributed by atoms with van der Waals surface area (Å²) in [5, 5.41) is 12.4. The first-order valence-corrected chi connectivity index (χ1v) is 7.71. The molecule has 0 radical (unpaired) electrons. The number of nitriles is 1. The molecular weight excluding hydrogens is 290 g/mol. The molecule has 1 unspecified atom stereocenters. The number of carbonyl (C=O) groups is 1. The van der Waals surface area contributed by atoms with Crippen LogP contribution in [0.2, 0.25) is 0 Å². The molecule has 1 atom stereocenters. The summed E-state index contributed by atoms with van der Waals surface area (Å²) >= 11 is 0. The van der Waals surface area contributed by atoms with Crippen molar-refractivity contribution < 1.29 is 9.53 Å². The van der Waals surface area contributed by atoms with Crippen molar-refractivity contribution in [1.29, 1.82) is 5.26 Å². The number of nitrogens with two attached hydrogens (primary N) is 1. The number of dihydropyridines is 1. The van der Waals surface area contributed by atoms with Gasteiger partial charge in [-0.1, -0.05) is 30.3 Å². The van der Waals surface area contributed by atoms with E-state index < -0.39 is 5.92 Å². The van der Waals surface area contributed by atoms with Crippen molar-refractivity contribution in [2.24, 2.45) is 11.7 Å². The van der Waals surface area contributed by atoms with E-state index in [9.17, 15) is 10.1 Å². The molecule has 118 valence electrons. The average Bonchev–Trinajstić information content (AvgIpc) is 3.37.